The smallest absolute Gasteiger partial charge is 0.411 e. The topological polar surface area (TPSA) is 49.9 Å². The van der Waals surface area contributed by atoms with Crippen molar-refractivity contribution in [3.8, 4) is 0 Å². The second-order valence-corrected chi connectivity index (χ2v) is 4.15. The molecule has 0 saturated carbocycles. The van der Waals surface area contributed by atoms with E-state index in [-0.39, 0.29) is 31.1 Å². The maximum Gasteiger partial charge on any atom is 0.411 e. The van der Waals surface area contributed by atoms with Crippen LogP contribution >= 0.6 is 12.4 Å². The van der Waals surface area contributed by atoms with Gasteiger partial charge in [0.05, 0.1) is 13.0 Å². The van der Waals surface area contributed by atoms with Crippen LogP contribution in [0.15, 0.2) is 24.3 Å². The number of ether oxygens (including phenoxy) is 1. The fourth-order valence-corrected chi connectivity index (χ4v) is 2.20. The van der Waals surface area contributed by atoms with Crippen LogP contribution in [0.25, 0.3) is 0 Å². The highest BCUT2D eigenvalue weighted by Crippen LogP contribution is 2.28. The van der Waals surface area contributed by atoms with Crippen molar-refractivity contribution in [2.24, 2.45) is 0 Å². The van der Waals surface area contributed by atoms with Crippen molar-refractivity contribution < 1.29 is 14.3 Å². The number of anilines is 1. The molecule has 1 fully saturated rings. The molecule has 6 heteroatoms. The van der Waals surface area contributed by atoms with Gasteiger partial charge in [-0.1, -0.05) is 18.2 Å². The number of hydrogen-bond donors (Lipinski definition) is 0. The third-order valence-electron chi connectivity index (χ3n) is 3.08. The number of benzene rings is 1. The second-order valence-electron chi connectivity index (χ2n) is 4.15. The number of nitrogens with zero attached hydrogens (tertiary/aromatic N) is 2. The van der Waals surface area contributed by atoms with Gasteiger partial charge in [0, 0.05) is 5.69 Å². The van der Waals surface area contributed by atoms with Gasteiger partial charge in [-0.15, -0.1) is 12.4 Å². The highest BCUT2D eigenvalue weighted by Gasteiger charge is 2.31. The molecule has 0 aromatic heterocycles. The Hall–Kier alpha value is -1.75. The monoisotopic (exact) mass is 268 g/mol. The number of halogens is 1. The van der Waals surface area contributed by atoms with Gasteiger partial charge >= 0.3 is 6.09 Å². The van der Waals surface area contributed by atoms with E-state index in [1.165, 1.54) is 0 Å². The highest BCUT2D eigenvalue weighted by atomic mass is 35.5. The van der Waals surface area contributed by atoms with Crippen LogP contribution in [0.5, 0.6) is 0 Å². The van der Waals surface area contributed by atoms with Crippen molar-refractivity contribution >= 4 is 30.1 Å². The zero-order valence-electron chi connectivity index (χ0n) is 9.67. The first-order valence-electron chi connectivity index (χ1n) is 5.56. The van der Waals surface area contributed by atoms with Crippen molar-refractivity contribution in [1.82, 2.24) is 4.90 Å². The van der Waals surface area contributed by atoms with Crippen molar-refractivity contribution in [2.75, 3.05) is 24.7 Å². The summed E-state index contributed by atoms with van der Waals surface area (Å²) in [5, 5.41) is 0. The Kier molecular flexibility index (Phi) is 3.43. The molecule has 0 N–H and O–H groups in total. The molecule has 1 aromatic rings. The van der Waals surface area contributed by atoms with Gasteiger partial charge in [-0.25, -0.2) is 4.79 Å². The Morgan fingerprint density at radius 2 is 2.00 bits per heavy atom. The molecule has 0 bridgehead atoms. The molecule has 5 nitrogen and oxygen atoms in total. The van der Waals surface area contributed by atoms with Crippen LogP contribution in [0.4, 0.5) is 10.5 Å². The third kappa shape index (κ3) is 2.01. The van der Waals surface area contributed by atoms with E-state index < -0.39 is 0 Å². The van der Waals surface area contributed by atoms with E-state index in [4.69, 9.17) is 4.74 Å². The number of para-hydroxylation sites is 1. The molecule has 2 amide bonds. The molecule has 96 valence electrons. The van der Waals surface area contributed by atoms with Crippen LogP contribution in [-0.4, -0.2) is 36.7 Å². The van der Waals surface area contributed by atoms with Crippen molar-refractivity contribution in [1.29, 1.82) is 0 Å². The lowest BCUT2D eigenvalue weighted by Crippen LogP contribution is -2.40. The summed E-state index contributed by atoms with van der Waals surface area (Å²) in [5.41, 5.74) is 1.92. The van der Waals surface area contributed by atoms with Crippen molar-refractivity contribution in [3.05, 3.63) is 29.8 Å². The standard InChI is InChI=1S/C12H12N2O3.ClH/c15-11-7-9-3-1-2-4-10(9)14(11)8-13-5-6-17-12(13)16;/h1-4H,5-8H2;1H. The molecule has 0 atom stereocenters. The number of carbonyl (C=O) groups excluding carboxylic acids is 2. The number of rotatable bonds is 2. The van der Waals surface area contributed by atoms with Crippen LogP contribution in [0.2, 0.25) is 0 Å². The normalized spacial score (nSPS) is 17.6. The molecule has 1 aromatic carbocycles. The summed E-state index contributed by atoms with van der Waals surface area (Å²) in [5.74, 6) is 0.0332. The maximum absolute atomic E-state index is 11.9. The van der Waals surface area contributed by atoms with Crippen molar-refractivity contribution in [3.63, 3.8) is 0 Å². The van der Waals surface area contributed by atoms with Gasteiger partial charge in [0.25, 0.3) is 0 Å². The van der Waals surface area contributed by atoms with E-state index in [1.807, 2.05) is 24.3 Å². The minimum absolute atomic E-state index is 0. The van der Waals surface area contributed by atoms with Gasteiger partial charge in [-0.2, -0.15) is 0 Å². The number of carbonyl (C=O) groups is 2. The molecule has 1 saturated heterocycles. The van der Waals surface area contributed by atoms with Crippen LogP contribution < -0.4 is 4.90 Å². The molecule has 0 unspecified atom stereocenters. The lowest BCUT2D eigenvalue weighted by Gasteiger charge is -2.22. The average Bonchev–Trinajstić information content (AvgIpc) is 2.85. The molecule has 0 radical (unpaired) electrons. The number of cyclic esters (lactones) is 1. The maximum atomic E-state index is 11.9. The molecule has 2 aliphatic rings. The lowest BCUT2D eigenvalue weighted by molar-refractivity contribution is -0.117. The van der Waals surface area contributed by atoms with E-state index >= 15 is 0 Å². The van der Waals surface area contributed by atoms with Gasteiger partial charge in [-0.3, -0.25) is 14.6 Å². The van der Waals surface area contributed by atoms with Gasteiger partial charge < -0.3 is 4.74 Å². The Balaban J connectivity index is 0.00000120. The van der Waals surface area contributed by atoms with E-state index in [1.54, 1.807) is 9.80 Å². The van der Waals surface area contributed by atoms with E-state index in [2.05, 4.69) is 0 Å². The fraction of sp³-hybridized carbons (Fsp3) is 0.333. The second kappa shape index (κ2) is 4.86. The van der Waals surface area contributed by atoms with Crippen LogP contribution in [0, 0.1) is 0 Å². The summed E-state index contributed by atoms with van der Waals surface area (Å²) in [6.45, 7) is 1.24. The average molecular weight is 269 g/mol. The molecule has 2 aliphatic heterocycles. The molecule has 2 heterocycles. The van der Waals surface area contributed by atoms with Gasteiger partial charge in [0.15, 0.2) is 0 Å². The first kappa shape index (κ1) is 12.7. The van der Waals surface area contributed by atoms with E-state index in [9.17, 15) is 9.59 Å². The molecule has 0 spiro atoms. The van der Waals surface area contributed by atoms with Crippen LogP contribution in [0.3, 0.4) is 0 Å². The largest absolute Gasteiger partial charge is 0.447 e. The number of fused-ring (bicyclic) bond motifs is 1. The van der Waals surface area contributed by atoms with Crippen molar-refractivity contribution in [2.45, 2.75) is 6.42 Å². The SMILES string of the molecule is Cl.O=C1OCCN1CN1C(=O)Cc2ccccc21. The minimum atomic E-state index is -0.345. The molecule has 0 aliphatic carbocycles. The summed E-state index contributed by atoms with van der Waals surface area (Å²) in [6.07, 6.45) is 0.0705. The Labute approximate surface area is 111 Å². The van der Waals surface area contributed by atoms with Crippen LogP contribution in [-0.2, 0) is 16.0 Å². The fourth-order valence-electron chi connectivity index (χ4n) is 2.20. The Morgan fingerprint density at radius 1 is 1.22 bits per heavy atom. The van der Waals surface area contributed by atoms with Crippen LogP contribution in [0.1, 0.15) is 5.56 Å². The summed E-state index contributed by atoms with van der Waals surface area (Å²) in [6, 6.07) is 7.66. The number of amides is 2. The molecule has 3 rings (SSSR count). The summed E-state index contributed by atoms with van der Waals surface area (Å²) >= 11 is 0. The number of hydrogen-bond acceptors (Lipinski definition) is 3. The summed E-state index contributed by atoms with van der Waals surface area (Å²) < 4.78 is 4.85. The molecular formula is C12H13ClN2O3. The highest BCUT2D eigenvalue weighted by molar-refractivity contribution is 6.01. The quantitative estimate of drug-likeness (QED) is 0.815. The van der Waals surface area contributed by atoms with Gasteiger partial charge in [0.2, 0.25) is 5.91 Å². The Morgan fingerprint density at radius 3 is 2.72 bits per heavy atom. The zero-order chi connectivity index (χ0) is 11.8. The molecule has 18 heavy (non-hydrogen) atoms. The summed E-state index contributed by atoms with van der Waals surface area (Å²) in [7, 11) is 0. The predicted molar refractivity (Wildman–Crippen MR) is 67.8 cm³/mol. The first-order valence-corrected chi connectivity index (χ1v) is 5.56. The minimum Gasteiger partial charge on any atom is -0.447 e. The lowest BCUT2D eigenvalue weighted by atomic mass is 10.2. The van der Waals surface area contributed by atoms with Gasteiger partial charge in [0.1, 0.15) is 13.3 Å². The van der Waals surface area contributed by atoms with E-state index in [0.29, 0.717) is 19.6 Å². The molecular weight excluding hydrogens is 256 g/mol. The Bertz CT molecular complexity index is 492. The third-order valence-corrected chi connectivity index (χ3v) is 3.08. The van der Waals surface area contributed by atoms with E-state index in [0.717, 1.165) is 11.3 Å². The predicted octanol–water partition coefficient (Wildman–Crippen LogP) is 1.41. The summed E-state index contributed by atoms with van der Waals surface area (Å²) in [4.78, 5) is 26.4. The van der Waals surface area contributed by atoms with Gasteiger partial charge in [-0.05, 0) is 11.6 Å². The zero-order valence-corrected chi connectivity index (χ0v) is 10.5. The first-order chi connectivity index (χ1) is 8.25.